The maximum absolute atomic E-state index is 12.3. The van der Waals surface area contributed by atoms with Gasteiger partial charge in [-0.1, -0.05) is 12.1 Å². The average molecular weight is 347 g/mol. The maximum Gasteiger partial charge on any atom is 0.240 e. The summed E-state index contributed by atoms with van der Waals surface area (Å²) in [5.41, 5.74) is 2.48. The third-order valence-corrected chi connectivity index (χ3v) is 4.82. The summed E-state index contributed by atoms with van der Waals surface area (Å²) in [7, 11) is 0.290. The van der Waals surface area contributed by atoms with Crippen molar-refractivity contribution in [2.45, 2.75) is 18.4 Å². The molecule has 0 fully saturated rings. The molecule has 24 heavy (non-hydrogen) atoms. The Morgan fingerprint density at radius 3 is 2.08 bits per heavy atom. The molecule has 0 unspecified atom stereocenters. The second-order valence-corrected chi connectivity index (χ2v) is 7.36. The number of carbonyl (C=O) groups excluding carboxylic acids is 1. The van der Waals surface area contributed by atoms with E-state index in [1.807, 2.05) is 43.3 Å². The molecule has 2 rings (SSSR count). The van der Waals surface area contributed by atoms with Gasteiger partial charge in [0.1, 0.15) is 0 Å². The number of carbonyl (C=O) groups is 1. The number of nitrogens with one attached hydrogen (secondary N) is 2. The van der Waals surface area contributed by atoms with Gasteiger partial charge in [0, 0.05) is 38.9 Å². The molecule has 0 spiro atoms. The number of hydrogen-bond donors (Lipinski definition) is 2. The first kappa shape index (κ1) is 18.0. The van der Waals surface area contributed by atoms with Crippen LogP contribution in [-0.4, -0.2) is 28.4 Å². The van der Waals surface area contributed by atoms with Crippen molar-refractivity contribution in [1.82, 2.24) is 4.72 Å². The summed E-state index contributed by atoms with van der Waals surface area (Å²) in [6.45, 7) is 1.61. The van der Waals surface area contributed by atoms with E-state index < -0.39 is 10.0 Å². The molecule has 2 aromatic rings. The fourth-order valence-corrected chi connectivity index (χ4v) is 3.11. The van der Waals surface area contributed by atoms with Crippen molar-refractivity contribution >= 4 is 27.3 Å². The number of anilines is 2. The highest BCUT2D eigenvalue weighted by atomic mass is 32.2. The molecule has 0 aromatic heterocycles. The van der Waals surface area contributed by atoms with E-state index in [-0.39, 0.29) is 17.3 Å². The average Bonchev–Trinajstić information content (AvgIpc) is 2.53. The molecular formula is C17H21N3O3S. The zero-order valence-electron chi connectivity index (χ0n) is 13.9. The Balaban J connectivity index is 2.04. The lowest BCUT2D eigenvalue weighted by atomic mass is 10.2. The van der Waals surface area contributed by atoms with Crippen LogP contribution in [0.5, 0.6) is 0 Å². The largest absolute Gasteiger partial charge is 0.378 e. The standard InChI is InChI=1S/C17H21N3O3S/c1-13(21)19-15-6-10-17(11-7-15)24(22,23)18-12-14-4-8-16(9-5-14)20(2)3/h4-11,18H,12H2,1-3H3,(H,19,21). The molecule has 128 valence electrons. The normalized spacial score (nSPS) is 11.1. The van der Waals surface area contributed by atoms with E-state index in [1.165, 1.54) is 19.1 Å². The van der Waals surface area contributed by atoms with Gasteiger partial charge in [0.15, 0.2) is 0 Å². The minimum atomic E-state index is -3.60. The molecule has 0 aliphatic carbocycles. The van der Waals surface area contributed by atoms with Gasteiger partial charge >= 0.3 is 0 Å². The summed E-state index contributed by atoms with van der Waals surface area (Å²) in [5.74, 6) is -0.204. The van der Waals surface area contributed by atoms with Crippen molar-refractivity contribution in [3.63, 3.8) is 0 Å². The van der Waals surface area contributed by atoms with Crippen molar-refractivity contribution in [2.24, 2.45) is 0 Å². The molecular weight excluding hydrogens is 326 g/mol. The van der Waals surface area contributed by atoms with Crippen LogP contribution in [0.25, 0.3) is 0 Å². The van der Waals surface area contributed by atoms with E-state index in [1.54, 1.807) is 12.1 Å². The number of nitrogens with zero attached hydrogens (tertiary/aromatic N) is 1. The lowest BCUT2D eigenvalue weighted by Gasteiger charge is -2.13. The molecule has 0 heterocycles. The summed E-state index contributed by atoms with van der Waals surface area (Å²) >= 11 is 0. The quantitative estimate of drug-likeness (QED) is 0.840. The van der Waals surface area contributed by atoms with E-state index in [4.69, 9.17) is 0 Å². The topological polar surface area (TPSA) is 78.5 Å². The van der Waals surface area contributed by atoms with Gasteiger partial charge in [-0.05, 0) is 42.0 Å². The van der Waals surface area contributed by atoms with Gasteiger partial charge in [-0.25, -0.2) is 13.1 Å². The van der Waals surface area contributed by atoms with Crippen molar-refractivity contribution in [2.75, 3.05) is 24.3 Å². The Morgan fingerprint density at radius 2 is 1.58 bits per heavy atom. The molecule has 6 nitrogen and oxygen atoms in total. The first-order chi connectivity index (χ1) is 11.3. The first-order valence-electron chi connectivity index (χ1n) is 7.41. The smallest absolute Gasteiger partial charge is 0.240 e. The van der Waals surface area contributed by atoms with E-state index in [2.05, 4.69) is 10.0 Å². The number of benzene rings is 2. The molecule has 0 atom stereocenters. The minimum absolute atomic E-state index is 0.154. The van der Waals surface area contributed by atoms with Gasteiger partial charge in [0.2, 0.25) is 15.9 Å². The molecule has 7 heteroatoms. The van der Waals surface area contributed by atoms with Crippen molar-refractivity contribution in [3.05, 3.63) is 54.1 Å². The zero-order chi connectivity index (χ0) is 17.7. The van der Waals surface area contributed by atoms with Crippen LogP contribution in [0.2, 0.25) is 0 Å². The molecule has 2 N–H and O–H groups in total. The van der Waals surface area contributed by atoms with Gasteiger partial charge in [0.25, 0.3) is 0 Å². The first-order valence-corrected chi connectivity index (χ1v) is 8.90. The van der Waals surface area contributed by atoms with Gasteiger partial charge < -0.3 is 10.2 Å². The summed E-state index contributed by atoms with van der Waals surface area (Å²) in [4.78, 5) is 13.1. The zero-order valence-corrected chi connectivity index (χ0v) is 14.7. The molecule has 1 amide bonds. The lowest BCUT2D eigenvalue weighted by Crippen LogP contribution is -2.23. The van der Waals surface area contributed by atoms with E-state index in [9.17, 15) is 13.2 Å². The fourth-order valence-electron chi connectivity index (χ4n) is 2.09. The van der Waals surface area contributed by atoms with Crippen LogP contribution in [0.1, 0.15) is 12.5 Å². The number of amides is 1. The summed E-state index contributed by atoms with van der Waals surface area (Å²) < 4.78 is 27.2. The van der Waals surface area contributed by atoms with Crippen LogP contribution in [0, 0.1) is 0 Å². The number of rotatable bonds is 6. The van der Waals surface area contributed by atoms with Gasteiger partial charge in [-0.15, -0.1) is 0 Å². The van der Waals surface area contributed by atoms with Crippen LogP contribution in [0.4, 0.5) is 11.4 Å². The molecule has 0 saturated carbocycles. The highest BCUT2D eigenvalue weighted by molar-refractivity contribution is 7.89. The Hall–Kier alpha value is -2.38. The Bertz CT molecular complexity index is 798. The number of hydrogen-bond acceptors (Lipinski definition) is 4. The molecule has 0 aliphatic heterocycles. The van der Waals surface area contributed by atoms with Gasteiger partial charge in [-0.2, -0.15) is 0 Å². The van der Waals surface area contributed by atoms with E-state index in [0.717, 1.165) is 11.3 Å². The summed E-state index contributed by atoms with van der Waals surface area (Å²) in [5, 5.41) is 2.60. The van der Waals surface area contributed by atoms with Crippen molar-refractivity contribution in [3.8, 4) is 0 Å². The molecule has 2 aromatic carbocycles. The third kappa shape index (κ3) is 4.81. The van der Waals surface area contributed by atoms with Crippen LogP contribution in [0.3, 0.4) is 0 Å². The summed E-state index contributed by atoms with van der Waals surface area (Å²) in [6, 6.07) is 13.7. The van der Waals surface area contributed by atoms with Gasteiger partial charge in [0.05, 0.1) is 4.90 Å². The third-order valence-electron chi connectivity index (χ3n) is 3.40. The maximum atomic E-state index is 12.3. The second-order valence-electron chi connectivity index (χ2n) is 5.59. The highest BCUT2D eigenvalue weighted by Crippen LogP contribution is 2.16. The van der Waals surface area contributed by atoms with Crippen molar-refractivity contribution in [1.29, 1.82) is 0 Å². The van der Waals surface area contributed by atoms with Crippen LogP contribution >= 0.6 is 0 Å². The summed E-state index contributed by atoms with van der Waals surface area (Å²) in [6.07, 6.45) is 0. The predicted molar refractivity (Wildman–Crippen MR) is 95.5 cm³/mol. The minimum Gasteiger partial charge on any atom is -0.378 e. The van der Waals surface area contributed by atoms with Crippen LogP contribution < -0.4 is 14.9 Å². The highest BCUT2D eigenvalue weighted by Gasteiger charge is 2.13. The number of sulfonamides is 1. The van der Waals surface area contributed by atoms with Gasteiger partial charge in [-0.3, -0.25) is 4.79 Å². The predicted octanol–water partition coefficient (Wildman–Crippen LogP) is 2.19. The van der Waals surface area contributed by atoms with Crippen molar-refractivity contribution < 1.29 is 13.2 Å². The Kier molecular flexibility index (Phi) is 5.58. The Labute approximate surface area is 142 Å². The van der Waals surface area contributed by atoms with E-state index >= 15 is 0 Å². The fraction of sp³-hybridized carbons (Fsp3) is 0.235. The van der Waals surface area contributed by atoms with Crippen LogP contribution in [-0.2, 0) is 21.4 Å². The molecule has 0 radical (unpaired) electrons. The second kappa shape index (κ2) is 7.46. The monoisotopic (exact) mass is 347 g/mol. The van der Waals surface area contributed by atoms with E-state index in [0.29, 0.717) is 5.69 Å². The molecule has 0 bridgehead atoms. The Morgan fingerprint density at radius 1 is 1.00 bits per heavy atom. The molecule has 0 saturated heterocycles. The lowest BCUT2D eigenvalue weighted by molar-refractivity contribution is -0.114. The van der Waals surface area contributed by atoms with Crippen LogP contribution in [0.15, 0.2) is 53.4 Å². The SMILES string of the molecule is CC(=O)Nc1ccc(S(=O)(=O)NCc2ccc(N(C)C)cc2)cc1. The molecule has 0 aliphatic rings.